The van der Waals surface area contributed by atoms with Crippen LogP contribution in [0.4, 0.5) is 0 Å². The van der Waals surface area contributed by atoms with Crippen LogP contribution in [0.25, 0.3) is 0 Å². The van der Waals surface area contributed by atoms with Crippen LogP contribution in [0.5, 0.6) is 11.5 Å². The number of nitrogens with one attached hydrogen (secondary N) is 2. The van der Waals surface area contributed by atoms with Gasteiger partial charge in [-0.25, -0.2) is 0 Å². The molecule has 7 heteroatoms. The van der Waals surface area contributed by atoms with Crippen LogP contribution in [0.3, 0.4) is 0 Å². The van der Waals surface area contributed by atoms with Gasteiger partial charge in [0, 0.05) is 33.4 Å². The second-order valence-corrected chi connectivity index (χ2v) is 5.68. The Labute approximate surface area is 175 Å². The van der Waals surface area contributed by atoms with E-state index in [1.165, 1.54) is 5.56 Å². The standard InChI is InChI=1S/C19H33N3O3.HI/c1-5-20-19(21-12-7-6-8-14-23-2)22-13-11-16-9-10-17(24-3)18(15-16)25-4;/h9-10,15H,5-8,11-14H2,1-4H3,(H2,20,21,22);1H. The second-order valence-electron chi connectivity index (χ2n) is 5.68. The molecule has 0 radical (unpaired) electrons. The molecule has 0 fully saturated rings. The minimum absolute atomic E-state index is 0. The minimum Gasteiger partial charge on any atom is -0.493 e. The Bertz CT molecular complexity index is 513. The van der Waals surface area contributed by atoms with Crippen molar-refractivity contribution in [3.63, 3.8) is 0 Å². The Kier molecular flexibility index (Phi) is 15.2. The maximum absolute atomic E-state index is 5.35. The highest BCUT2D eigenvalue weighted by molar-refractivity contribution is 14.0. The Morgan fingerprint density at radius 1 is 1.00 bits per heavy atom. The molecule has 0 aliphatic carbocycles. The fourth-order valence-corrected chi connectivity index (χ4v) is 2.43. The predicted molar refractivity (Wildman–Crippen MR) is 118 cm³/mol. The van der Waals surface area contributed by atoms with Crippen LogP contribution in [0.15, 0.2) is 23.2 Å². The molecule has 0 atom stereocenters. The van der Waals surface area contributed by atoms with E-state index in [1.54, 1.807) is 21.3 Å². The number of halogens is 1. The summed E-state index contributed by atoms with van der Waals surface area (Å²) in [5.41, 5.74) is 1.19. The van der Waals surface area contributed by atoms with Gasteiger partial charge >= 0.3 is 0 Å². The maximum atomic E-state index is 5.35. The summed E-state index contributed by atoms with van der Waals surface area (Å²) in [5.74, 6) is 2.38. The molecule has 0 aliphatic rings. The Morgan fingerprint density at radius 2 is 1.77 bits per heavy atom. The zero-order chi connectivity index (χ0) is 18.3. The fourth-order valence-electron chi connectivity index (χ4n) is 2.43. The Hall–Kier alpha value is -1.22. The summed E-state index contributed by atoms with van der Waals surface area (Å²) in [7, 11) is 5.04. The van der Waals surface area contributed by atoms with Crippen molar-refractivity contribution >= 4 is 29.9 Å². The van der Waals surface area contributed by atoms with Crippen molar-refractivity contribution < 1.29 is 14.2 Å². The molecule has 2 N–H and O–H groups in total. The molecule has 0 saturated heterocycles. The largest absolute Gasteiger partial charge is 0.493 e. The summed E-state index contributed by atoms with van der Waals surface area (Å²) in [6.45, 7) is 5.39. The summed E-state index contributed by atoms with van der Waals surface area (Å²) >= 11 is 0. The summed E-state index contributed by atoms with van der Waals surface area (Å²) in [6.07, 6.45) is 4.20. The third-order valence-corrected chi connectivity index (χ3v) is 3.77. The molecule has 0 amide bonds. The van der Waals surface area contributed by atoms with Gasteiger partial charge in [-0.2, -0.15) is 0 Å². The molecular weight excluding hydrogens is 445 g/mol. The van der Waals surface area contributed by atoms with Crippen LogP contribution < -0.4 is 20.1 Å². The van der Waals surface area contributed by atoms with Gasteiger partial charge < -0.3 is 24.8 Å². The number of unbranched alkanes of at least 4 members (excludes halogenated alkanes) is 2. The molecule has 26 heavy (non-hydrogen) atoms. The van der Waals surface area contributed by atoms with E-state index in [-0.39, 0.29) is 24.0 Å². The first-order chi connectivity index (χ1) is 12.2. The molecule has 150 valence electrons. The summed E-state index contributed by atoms with van der Waals surface area (Å²) in [4.78, 5) is 4.61. The average molecular weight is 479 g/mol. The van der Waals surface area contributed by atoms with Crippen LogP contribution in [-0.2, 0) is 11.2 Å². The molecule has 0 saturated carbocycles. The Balaban J connectivity index is 0.00000625. The monoisotopic (exact) mass is 479 g/mol. The lowest BCUT2D eigenvalue weighted by Crippen LogP contribution is -2.38. The smallest absolute Gasteiger partial charge is 0.191 e. The molecule has 0 aliphatic heterocycles. The van der Waals surface area contributed by atoms with E-state index in [0.717, 1.165) is 69.4 Å². The van der Waals surface area contributed by atoms with Gasteiger partial charge in [0.05, 0.1) is 14.2 Å². The van der Waals surface area contributed by atoms with Gasteiger partial charge in [-0.05, 0) is 50.3 Å². The van der Waals surface area contributed by atoms with Crippen LogP contribution in [0.1, 0.15) is 31.7 Å². The molecule has 1 aromatic rings. The number of rotatable bonds is 12. The quantitative estimate of drug-likeness (QED) is 0.209. The number of methoxy groups -OCH3 is 3. The molecule has 0 heterocycles. The summed E-state index contributed by atoms with van der Waals surface area (Å²) in [6, 6.07) is 6.01. The van der Waals surface area contributed by atoms with Crippen molar-refractivity contribution in [1.82, 2.24) is 10.6 Å². The number of hydrogen-bond donors (Lipinski definition) is 2. The van der Waals surface area contributed by atoms with Crippen molar-refractivity contribution in [3.8, 4) is 11.5 Å². The van der Waals surface area contributed by atoms with E-state index in [4.69, 9.17) is 14.2 Å². The van der Waals surface area contributed by atoms with Gasteiger partial charge in [-0.3, -0.25) is 4.99 Å². The van der Waals surface area contributed by atoms with Crippen molar-refractivity contribution in [2.24, 2.45) is 4.99 Å². The van der Waals surface area contributed by atoms with E-state index in [2.05, 4.69) is 28.6 Å². The predicted octanol–water partition coefficient (Wildman–Crippen LogP) is 3.24. The van der Waals surface area contributed by atoms with Gasteiger partial charge in [0.25, 0.3) is 0 Å². The molecule has 0 bridgehead atoms. The van der Waals surface area contributed by atoms with Crippen molar-refractivity contribution in [3.05, 3.63) is 23.8 Å². The first-order valence-electron chi connectivity index (χ1n) is 8.97. The number of guanidine groups is 1. The van der Waals surface area contributed by atoms with E-state index >= 15 is 0 Å². The summed E-state index contributed by atoms with van der Waals surface area (Å²) < 4.78 is 15.7. The lowest BCUT2D eigenvalue weighted by Gasteiger charge is -2.12. The highest BCUT2D eigenvalue weighted by Gasteiger charge is 2.05. The Morgan fingerprint density at radius 3 is 2.42 bits per heavy atom. The van der Waals surface area contributed by atoms with Crippen LogP contribution >= 0.6 is 24.0 Å². The van der Waals surface area contributed by atoms with Crippen LogP contribution in [0.2, 0.25) is 0 Å². The van der Waals surface area contributed by atoms with E-state index < -0.39 is 0 Å². The SMILES string of the molecule is CCNC(=NCCCCCOC)NCCc1ccc(OC)c(OC)c1.I. The summed E-state index contributed by atoms with van der Waals surface area (Å²) in [5, 5.41) is 6.66. The highest BCUT2D eigenvalue weighted by atomic mass is 127. The number of ether oxygens (including phenoxy) is 3. The van der Waals surface area contributed by atoms with Gasteiger partial charge in [-0.15, -0.1) is 24.0 Å². The van der Waals surface area contributed by atoms with Gasteiger partial charge in [0.15, 0.2) is 17.5 Å². The minimum atomic E-state index is 0. The normalized spacial score (nSPS) is 10.8. The van der Waals surface area contributed by atoms with Gasteiger partial charge in [0.2, 0.25) is 0 Å². The molecule has 0 unspecified atom stereocenters. The molecule has 1 rings (SSSR count). The van der Waals surface area contributed by atoms with Crippen molar-refractivity contribution in [2.45, 2.75) is 32.6 Å². The zero-order valence-electron chi connectivity index (χ0n) is 16.5. The highest BCUT2D eigenvalue weighted by Crippen LogP contribution is 2.27. The number of hydrogen-bond acceptors (Lipinski definition) is 4. The molecule has 0 spiro atoms. The number of nitrogens with zero attached hydrogens (tertiary/aromatic N) is 1. The third-order valence-electron chi connectivity index (χ3n) is 3.77. The van der Waals surface area contributed by atoms with E-state index in [9.17, 15) is 0 Å². The van der Waals surface area contributed by atoms with Gasteiger partial charge in [-0.1, -0.05) is 6.07 Å². The van der Waals surface area contributed by atoms with Crippen LogP contribution in [0, 0.1) is 0 Å². The molecule has 1 aromatic carbocycles. The second kappa shape index (κ2) is 16.0. The van der Waals surface area contributed by atoms with Crippen molar-refractivity contribution in [2.75, 3.05) is 47.6 Å². The van der Waals surface area contributed by atoms with Gasteiger partial charge in [0.1, 0.15) is 0 Å². The van der Waals surface area contributed by atoms with E-state index in [1.807, 2.05) is 12.1 Å². The third kappa shape index (κ3) is 10.1. The van der Waals surface area contributed by atoms with E-state index in [0.29, 0.717) is 0 Å². The molecule has 0 aromatic heterocycles. The maximum Gasteiger partial charge on any atom is 0.191 e. The first kappa shape index (κ1) is 24.8. The molecule has 6 nitrogen and oxygen atoms in total. The topological polar surface area (TPSA) is 64.1 Å². The first-order valence-corrected chi connectivity index (χ1v) is 8.97. The number of benzene rings is 1. The molecular formula is C19H34IN3O3. The number of aliphatic imine (C=N–C) groups is 1. The fraction of sp³-hybridized carbons (Fsp3) is 0.632. The zero-order valence-corrected chi connectivity index (χ0v) is 18.8. The van der Waals surface area contributed by atoms with Crippen molar-refractivity contribution in [1.29, 1.82) is 0 Å². The van der Waals surface area contributed by atoms with Crippen LogP contribution in [-0.4, -0.2) is 53.5 Å². The lowest BCUT2D eigenvalue weighted by molar-refractivity contribution is 0.192. The average Bonchev–Trinajstić information content (AvgIpc) is 2.64. The lowest BCUT2D eigenvalue weighted by atomic mass is 10.1.